The number of benzene rings is 7. The smallest absolute Gasteiger partial charge is 0.257 e. The molecular weight excluding hydrogens is 852 g/mol. The highest BCUT2D eigenvalue weighted by molar-refractivity contribution is 7.22. The third-order valence-electron chi connectivity index (χ3n) is 14.4. The summed E-state index contributed by atoms with van der Waals surface area (Å²) >= 11 is 3.74. The van der Waals surface area contributed by atoms with Gasteiger partial charge in [0.25, 0.3) is 6.71 Å². The fourth-order valence-corrected chi connectivity index (χ4v) is 13.3. The van der Waals surface area contributed by atoms with Gasteiger partial charge in [-0.2, -0.15) is 0 Å². The Labute approximate surface area is 403 Å². The summed E-state index contributed by atoms with van der Waals surface area (Å²) in [7, 11) is 0. The summed E-state index contributed by atoms with van der Waals surface area (Å²) in [5.74, 6) is 0.908. The van der Waals surface area contributed by atoms with Crippen molar-refractivity contribution in [3.63, 3.8) is 0 Å². The number of aryl methyl sites for hydroxylation is 5. The van der Waals surface area contributed by atoms with Crippen molar-refractivity contribution in [2.45, 2.75) is 87.0 Å². The first-order chi connectivity index (χ1) is 32.0. The molecule has 6 heteroatoms. The molecule has 0 aliphatic carbocycles. The van der Waals surface area contributed by atoms with Gasteiger partial charge in [-0.3, -0.25) is 4.90 Å². The second-order valence-electron chi connectivity index (χ2n) is 21.3. The highest BCUT2D eigenvalue weighted by atomic mass is 32.1. The molecule has 2 aliphatic heterocycles. The molecule has 12 rings (SSSR count). The maximum absolute atomic E-state index is 7.34. The van der Waals surface area contributed by atoms with Gasteiger partial charge in [-0.25, -0.2) is 0 Å². The number of fused-ring (bicyclic) bond motifs is 8. The Bertz CT molecular complexity index is 3590. The lowest BCUT2D eigenvalue weighted by Gasteiger charge is -2.44. The molecule has 0 fully saturated rings. The third-order valence-corrected chi connectivity index (χ3v) is 16.7. The molecule has 2 aliphatic rings. The number of hydrogen-bond acceptors (Lipinski definition) is 5. The maximum Gasteiger partial charge on any atom is 0.257 e. The molecule has 0 unspecified atom stereocenters. The van der Waals surface area contributed by atoms with Crippen molar-refractivity contribution in [1.82, 2.24) is 0 Å². The molecular formula is C61H55BN2OS2. The van der Waals surface area contributed by atoms with Crippen LogP contribution in [0.25, 0.3) is 52.0 Å². The Kier molecular flexibility index (Phi) is 9.31. The molecule has 10 aromatic rings. The molecule has 3 aromatic heterocycles. The van der Waals surface area contributed by atoms with Crippen LogP contribution in [0.2, 0.25) is 0 Å². The standard InChI is InChI=1S/C61H55BN2OS2/c1-34-24-48-56-49(25-34)64(58-35(2)26-42(27-36(58)3)54-32-40-17-13-15-19-52(40)67-54)59-55(45-33-43(60(6,7)8)21-23-50(45)65-59)62(56)46-22-20-41(53-31-39-16-12-14-18-51(39)66-53)30-47(46)63(48)57-37(4)28-44(29-38(57)5)61(9,10)11/h12-33H,1-11H3. The van der Waals surface area contributed by atoms with Crippen LogP contribution in [0.3, 0.4) is 0 Å². The minimum absolute atomic E-state index is 0.0170. The van der Waals surface area contributed by atoms with Crippen molar-refractivity contribution in [1.29, 1.82) is 0 Å². The van der Waals surface area contributed by atoms with Gasteiger partial charge in [0.2, 0.25) is 5.88 Å². The fourth-order valence-electron chi connectivity index (χ4n) is 11.2. The van der Waals surface area contributed by atoms with Crippen molar-refractivity contribution in [2.75, 3.05) is 9.80 Å². The van der Waals surface area contributed by atoms with E-state index in [0.717, 1.165) is 11.5 Å². The molecule has 7 aromatic carbocycles. The predicted octanol–water partition coefficient (Wildman–Crippen LogP) is 16.4. The van der Waals surface area contributed by atoms with Gasteiger partial charge in [0.1, 0.15) is 5.58 Å². The molecule has 5 heterocycles. The largest absolute Gasteiger partial charge is 0.440 e. The Morgan fingerprint density at radius 2 is 1.03 bits per heavy atom. The van der Waals surface area contributed by atoms with E-state index in [1.165, 1.54) is 130 Å². The number of furan rings is 1. The van der Waals surface area contributed by atoms with Crippen LogP contribution < -0.4 is 26.2 Å². The van der Waals surface area contributed by atoms with E-state index < -0.39 is 0 Å². The normalized spacial score (nSPS) is 13.5. The summed E-state index contributed by atoms with van der Waals surface area (Å²) in [5.41, 5.74) is 22.1. The molecule has 0 radical (unpaired) electrons. The fraction of sp³-hybridized carbons (Fsp3) is 0.213. The van der Waals surface area contributed by atoms with Crippen LogP contribution in [-0.4, -0.2) is 6.71 Å². The molecule has 0 spiro atoms. The molecule has 330 valence electrons. The van der Waals surface area contributed by atoms with E-state index in [2.05, 4.69) is 219 Å². The van der Waals surface area contributed by atoms with E-state index >= 15 is 0 Å². The first-order valence-electron chi connectivity index (χ1n) is 23.7. The zero-order valence-electron chi connectivity index (χ0n) is 40.4. The average Bonchev–Trinajstić information content (AvgIpc) is 4.02. The highest BCUT2D eigenvalue weighted by Crippen LogP contribution is 2.51. The van der Waals surface area contributed by atoms with Crippen LogP contribution in [-0.2, 0) is 10.8 Å². The predicted molar refractivity (Wildman–Crippen MR) is 293 cm³/mol. The van der Waals surface area contributed by atoms with Gasteiger partial charge >= 0.3 is 0 Å². The van der Waals surface area contributed by atoms with Crippen LogP contribution in [0.15, 0.2) is 138 Å². The van der Waals surface area contributed by atoms with Crippen molar-refractivity contribution in [3.8, 4) is 20.9 Å². The lowest BCUT2D eigenvalue weighted by Crippen LogP contribution is -2.61. The highest BCUT2D eigenvalue weighted by Gasteiger charge is 2.47. The second kappa shape index (κ2) is 14.8. The topological polar surface area (TPSA) is 19.6 Å². The van der Waals surface area contributed by atoms with E-state index in [-0.39, 0.29) is 17.5 Å². The lowest BCUT2D eigenvalue weighted by molar-refractivity contribution is 0.589. The monoisotopic (exact) mass is 906 g/mol. The lowest BCUT2D eigenvalue weighted by atomic mass is 9.33. The van der Waals surface area contributed by atoms with Crippen LogP contribution in [0, 0.1) is 34.6 Å². The summed E-state index contributed by atoms with van der Waals surface area (Å²) in [6, 6.07) is 50.9. The Morgan fingerprint density at radius 3 is 1.63 bits per heavy atom. The van der Waals surface area contributed by atoms with E-state index in [1.807, 2.05) is 22.7 Å². The zero-order valence-corrected chi connectivity index (χ0v) is 42.0. The minimum atomic E-state index is -0.0797. The van der Waals surface area contributed by atoms with E-state index in [0.29, 0.717) is 0 Å². The van der Waals surface area contributed by atoms with E-state index in [1.54, 1.807) is 0 Å². The summed E-state index contributed by atoms with van der Waals surface area (Å²) in [6.45, 7) is 25.3. The second-order valence-corrected chi connectivity index (χ2v) is 23.5. The SMILES string of the molecule is Cc1cc2c3c(c1)N(c1c(C)cc(-c4cc5ccccc5s4)cc1C)c1oc4ccc(C(C)(C)C)cc4c1B3c1ccc(-c3cc4ccccc4s3)cc1N2c1c(C)cc(C(C)(C)C)cc1C. The van der Waals surface area contributed by atoms with Crippen molar-refractivity contribution >= 4 is 111 Å². The molecule has 67 heavy (non-hydrogen) atoms. The molecule has 0 saturated heterocycles. The van der Waals surface area contributed by atoms with Crippen LogP contribution >= 0.6 is 22.7 Å². The maximum atomic E-state index is 7.34. The van der Waals surface area contributed by atoms with Gasteiger partial charge in [0.15, 0.2) is 0 Å². The number of nitrogens with zero attached hydrogens (tertiary/aromatic N) is 2. The Morgan fingerprint density at radius 1 is 0.478 bits per heavy atom. The van der Waals surface area contributed by atoms with Gasteiger partial charge in [-0.15, -0.1) is 22.7 Å². The van der Waals surface area contributed by atoms with Gasteiger partial charge in [-0.1, -0.05) is 108 Å². The number of rotatable bonds is 4. The Balaban J connectivity index is 1.16. The van der Waals surface area contributed by atoms with Crippen molar-refractivity contribution in [3.05, 3.63) is 172 Å². The Hall–Kier alpha value is -6.34. The summed E-state index contributed by atoms with van der Waals surface area (Å²) in [4.78, 5) is 7.68. The first kappa shape index (κ1) is 42.0. The molecule has 0 N–H and O–H groups in total. The number of hydrogen-bond donors (Lipinski definition) is 0. The van der Waals surface area contributed by atoms with Gasteiger partial charge in [0.05, 0.1) is 11.4 Å². The van der Waals surface area contributed by atoms with Gasteiger partial charge in [-0.05, 0) is 184 Å². The summed E-state index contributed by atoms with van der Waals surface area (Å²) in [5, 5.41) is 3.75. The molecule has 0 saturated carbocycles. The van der Waals surface area contributed by atoms with Crippen LogP contribution in [0.1, 0.15) is 80.5 Å². The summed E-state index contributed by atoms with van der Waals surface area (Å²) < 4.78 is 9.95. The quantitative estimate of drug-likeness (QED) is 0.164. The summed E-state index contributed by atoms with van der Waals surface area (Å²) in [6.07, 6.45) is 0. The minimum Gasteiger partial charge on any atom is -0.440 e. The van der Waals surface area contributed by atoms with Gasteiger partial charge < -0.3 is 9.32 Å². The van der Waals surface area contributed by atoms with E-state index in [4.69, 9.17) is 4.42 Å². The van der Waals surface area contributed by atoms with Crippen molar-refractivity contribution < 1.29 is 4.42 Å². The van der Waals surface area contributed by atoms with E-state index in [9.17, 15) is 0 Å². The third kappa shape index (κ3) is 6.58. The first-order valence-corrected chi connectivity index (χ1v) is 25.3. The molecule has 3 nitrogen and oxygen atoms in total. The van der Waals surface area contributed by atoms with Crippen LogP contribution in [0.4, 0.5) is 34.3 Å². The zero-order chi connectivity index (χ0) is 46.4. The number of anilines is 6. The number of thiophene rings is 2. The van der Waals surface area contributed by atoms with Gasteiger partial charge in [0, 0.05) is 47.1 Å². The van der Waals surface area contributed by atoms with Crippen molar-refractivity contribution in [2.24, 2.45) is 0 Å². The average molecular weight is 907 g/mol. The molecule has 0 atom stereocenters. The van der Waals surface area contributed by atoms with Crippen LogP contribution in [0.5, 0.6) is 0 Å². The molecule has 0 bridgehead atoms. The molecule has 0 amide bonds.